The molecular formula is C16H12ClN3O4. The van der Waals surface area contributed by atoms with Crippen LogP contribution in [0.1, 0.15) is 30.7 Å². The van der Waals surface area contributed by atoms with Crippen LogP contribution < -0.4 is 5.73 Å². The molecule has 0 bridgehead atoms. The summed E-state index contributed by atoms with van der Waals surface area (Å²) in [5.74, 6) is -0.697. The number of carbonyl (C=O) groups is 1. The Morgan fingerprint density at radius 3 is 2.83 bits per heavy atom. The van der Waals surface area contributed by atoms with Crippen LogP contribution in [0.15, 0.2) is 41.0 Å². The average Bonchev–Trinajstić information content (AvgIpc) is 2.54. The minimum absolute atomic E-state index is 0.0337. The van der Waals surface area contributed by atoms with Crippen LogP contribution in [0.3, 0.4) is 0 Å². The summed E-state index contributed by atoms with van der Waals surface area (Å²) < 4.78 is 5.45. The summed E-state index contributed by atoms with van der Waals surface area (Å²) >= 11 is 6.21. The Morgan fingerprint density at radius 1 is 1.42 bits per heavy atom. The van der Waals surface area contributed by atoms with Crippen LogP contribution in [0.5, 0.6) is 0 Å². The molecule has 8 heteroatoms. The van der Waals surface area contributed by atoms with Crippen LogP contribution >= 0.6 is 11.6 Å². The molecule has 1 aromatic rings. The van der Waals surface area contributed by atoms with Gasteiger partial charge in [0.25, 0.3) is 5.69 Å². The van der Waals surface area contributed by atoms with Gasteiger partial charge in [0.1, 0.15) is 17.4 Å². The summed E-state index contributed by atoms with van der Waals surface area (Å²) in [5, 5.41) is 20.7. The van der Waals surface area contributed by atoms with Crippen molar-refractivity contribution >= 4 is 23.1 Å². The molecule has 0 amide bonds. The molecule has 2 N–H and O–H groups in total. The molecule has 0 spiro atoms. The lowest BCUT2D eigenvalue weighted by molar-refractivity contribution is -0.384. The number of ether oxygens (including phenoxy) is 1. The molecule has 1 aromatic carbocycles. The third kappa shape index (κ3) is 2.51. The maximum Gasteiger partial charge on any atom is 0.269 e. The van der Waals surface area contributed by atoms with E-state index in [1.165, 1.54) is 18.2 Å². The van der Waals surface area contributed by atoms with E-state index in [-0.39, 0.29) is 27.9 Å². The summed E-state index contributed by atoms with van der Waals surface area (Å²) in [6.45, 7) is 0. The fraction of sp³-hybridized carbons (Fsp3) is 0.250. The second kappa shape index (κ2) is 5.98. The number of nitrogens with zero attached hydrogens (tertiary/aromatic N) is 2. The number of rotatable bonds is 2. The molecule has 2 aliphatic rings. The highest BCUT2D eigenvalue weighted by atomic mass is 35.5. The Hall–Kier alpha value is -2.85. The Kier molecular flexibility index (Phi) is 3.99. The summed E-state index contributed by atoms with van der Waals surface area (Å²) in [4.78, 5) is 22.9. The average molecular weight is 346 g/mol. The minimum atomic E-state index is -0.848. The highest BCUT2D eigenvalue weighted by Gasteiger charge is 2.39. The predicted octanol–water partition coefficient (Wildman–Crippen LogP) is 3.06. The number of nitro benzene ring substituents is 1. The molecule has 24 heavy (non-hydrogen) atoms. The Bertz CT molecular complexity index is 867. The first-order chi connectivity index (χ1) is 11.4. The van der Waals surface area contributed by atoms with E-state index in [0.717, 1.165) is 0 Å². The molecule has 1 aliphatic heterocycles. The van der Waals surface area contributed by atoms with Crippen molar-refractivity contribution in [3.8, 4) is 6.07 Å². The number of allylic oxidation sites excluding steroid dienone is 3. The van der Waals surface area contributed by atoms with Gasteiger partial charge in [-0.05, 0) is 18.1 Å². The minimum Gasteiger partial charge on any atom is -0.444 e. The quantitative estimate of drug-likeness (QED) is 0.649. The van der Waals surface area contributed by atoms with Gasteiger partial charge in [-0.25, -0.2) is 0 Å². The van der Waals surface area contributed by atoms with Crippen LogP contribution in [0.2, 0.25) is 5.02 Å². The second-order valence-corrected chi connectivity index (χ2v) is 5.91. The van der Waals surface area contributed by atoms with E-state index in [9.17, 15) is 20.2 Å². The second-order valence-electron chi connectivity index (χ2n) is 5.50. The van der Waals surface area contributed by atoms with Crippen molar-refractivity contribution in [3.63, 3.8) is 0 Å². The molecular weight excluding hydrogens is 334 g/mol. The van der Waals surface area contributed by atoms with Crippen LogP contribution in [0.25, 0.3) is 0 Å². The zero-order valence-corrected chi connectivity index (χ0v) is 13.2. The zero-order chi connectivity index (χ0) is 17.4. The van der Waals surface area contributed by atoms with E-state index in [1.807, 2.05) is 6.07 Å². The SMILES string of the molecule is N#CC1=C(N)OC2=C(C(=O)CCC2)[C@H]1c1cc([N+](=O)[O-])ccc1Cl. The first-order valence-electron chi connectivity index (χ1n) is 7.21. The van der Waals surface area contributed by atoms with Gasteiger partial charge in [0.2, 0.25) is 5.88 Å². The monoisotopic (exact) mass is 345 g/mol. The van der Waals surface area contributed by atoms with Crippen molar-refractivity contribution in [2.45, 2.75) is 25.2 Å². The third-order valence-electron chi connectivity index (χ3n) is 4.11. The summed E-state index contributed by atoms with van der Waals surface area (Å²) in [7, 11) is 0. The summed E-state index contributed by atoms with van der Waals surface area (Å²) in [6, 6.07) is 5.86. The fourth-order valence-corrected chi connectivity index (χ4v) is 3.26. The van der Waals surface area contributed by atoms with Gasteiger partial charge in [0, 0.05) is 35.6 Å². The largest absolute Gasteiger partial charge is 0.444 e. The van der Waals surface area contributed by atoms with E-state index in [2.05, 4.69) is 0 Å². The maximum atomic E-state index is 12.4. The van der Waals surface area contributed by atoms with Crippen LogP contribution in [-0.4, -0.2) is 10.7 Å². The van der Waals surface area contributed by atoms with Gasteiger partial charge in [0.05, 0.1) is 10.8 Å². The normalized spacial score (nSPS) is 20.3. The van der Waals surface area contributed by atoms with E-state index < -0.39 is 10.8 Å². The number of nitriles is 1. The molecule has 0 saturated carbocycles. The number of benzene rings is 1. The maximum absolute atomic E-state index is 12.4. The lowest BCUT2D eigenvalue weighted by Gasteiger charge is -2.31. The van der Waals surface area contributed by atoms with Crippen molar-refractivity contribution in [1.29, 1.82) is 5.26 Å². The molecule has 3 rings (SSSR count). The van der Waals surface area contributed by atoms with Crippen LogP contribution in [0, 0.1) is 21.4 Å². The number of hydrogen-bond acceptors (Lipinski definition) is 6. The van der Waals surface area contributed by atoms with Gasteiger partial charge >= 0.3 is 0 Å². The number of carbonyl (C=O) groups excluding carboxylic acids is 1. The molecule has 0 fully saturated rings. The molecule has 0 radical (unpaired) electrons. The smallest absolute Gasteiger partial charge is 0.269 e. The van der Waals surface area contributed by atoms with Crippen molar-refractivity contribution in [2.24, 2.45) is 5.73 Å². The number of ketones is 1. The number of non-ortho nitro benzene ring substituents is 1. The standard InChI is InChI=1S/C16H12ClN3O4/c17-11-5-4-8(20(22)23)6-9(11)14-10(7-18)16(19)24-13-3-1-2-12(21)15(13)14/h4-6,14H,1-3,19H2/t14-/m0/s1. The molecule has 7 nitrogen and oxygen atoms in total. The topological polar surface area (TPSA) is 119 Å². The summed E-state index contributed by atoms with van der Waals surface area (Å²) in [5.41, 5.74) is 6.30. The van der Waals surface area contributed by atoms with Gasteiger partial charge in [0.15, 0.2) is 5.78 Å². The first kappa shape index (κ1) is 16.0. The molecule has 1 atom stereocenters. The van der Waals surface area contributed by atoms with E-state index in [4.69, 9.17) is 22.1 Å². The number of halogens is 1. The third-order valence-corrected chi connectivity index (χ3v) is 4.45. The predicted molar refractivity (Wildman–Crippen MR) is 84.6 cm³/mol. The van der Waals surface area contributed by atoms with Gasteiger partial charge in [-0.3, -0.25) is 14.9 Å². The van der Waals surface area contributed by atoms with E-state index in [1.54, 1.807) is 0 Å². The zero-order valence-electron chi connectivity index (χ0n) is 12.4. The van der Waals surface area contributed by atoms with Gasteiger partial charge in [-0.15, -0.1) is 0 Å². The first-order valence-corrected chi connectivity index (χ1v) is 7.59. The van der Waals surface area contributed by atoms with Crippen LogP contribution in [0.4, 0.5) is 5.69 Å². The molecule has 0 saturated heterocycles. The number of hydrogen-bond donors (Lipinski definition) is 1. The number of nitrogens with two attached hydrogens (primary N) is 1. The lowest BCUT2D eigenvalue weighted by Crippen LogP contribution is -2.27. The van der Waals surface area contributed by atoms with Gasteiger partial charge in [-0.2, -0.15) is 5.26 Å². The van der Waals surface area contributed by atoms with Crippen molar-refractivity contribution in [1.82, 2.24) is 0 Å². The number of Topliss-reactive ketones (excluding diaryl/α,β-unsaturated/α-hetero) is 1. The molecule has 1 heterocycles. The Balaban J connectivity index is 2.25. The molecule has 122 valence electrons. The Morgan fingerprint density at radius 2 is 2.17 bits per heavy atom. The van der Waals surface area contributed by atoms with Gasteiger partial charge in [-0.1, -0.05) is 11.6 Å². The number of nitro groups is 1. The highest BCUT2D eigenvalue weighted by molar-refractivity contribution is 6.31. The Labute approximate surface area is 142 Å². The fourth-order valence-electron chi connectivity index (χ4n) is 3.03. The van der Waals surface area contributed by atoms with Crippen LogP contribution in [-0.2, 0) is 9.53 Å². The van der Waals surface area contributed by atoms with Gasteiger partial charge < -0.3 is 10.5 Å². The van der Waals surface area contributed by atoms with Crippen molar-refractivity contribution < 1.29 is 14.5 Å². The lowest BCUT2D eigenvalue weighted by atomic mass is 9.77. The molecule has 0 unspecified atom stereocenters. The van der Waals surface area contributed by atoms with Crippen molar-refractivity contribution in [3.05, 3.63) is 61.7 Å². The molecule has 0 aromatic heterocycles. The summed E-state index contributed by atoms with van der Waals surface area (Å²) in [6.07, 6.45) is 1.47. The van der Waals surface area contributed by atoms with E-state index >= 15 is 0 Å². The highest BCUT2D eigenvalue weighted by Crippen LogP contribution is 2.45. The molecule has 1 aliphatic carbocycles. The van der Waals surface area contributed by atoms with E-state index in [0.29, 0.717) is 36.2 Å². The van der Waals surface area contributed by atoms with Crippen molar-refractivity contribution in [2.75, 3.05) is 0 Å².